The van der Waals surface area contributed by atoms with Crippen LogP contribution in [0.1, 0.15) is 17.2 Å². The Labute approximate surface area is 214 Å². The minimum absolute atomic E-state index is 0.0450. The van der Waals surface area contributed by atoms with Crippen molar-refractivity contribution in [2.45, 2.75) is 6.04 Å². The molecule has 3 heterocycles. The Balaban J connectivity index is 1.53. The first-order valence-electron chi connectivity index (χ1n) is 11.4. The van der Waals surface area contributed by atoms with E-state index in [1.54, 1.807) is 55.6 Å². The maximum Gasteiger partial charge on any atom is 0.301 e. The average molecular weight is 517 g/mol. The summed E-state index contributed by atoms with van der Waals surface area (Å²) in [6, 6.07) is 15.3. The summed E-state index contributed by atoms with van der Waals surface area (Å²) >= 11 is 1.22. The van der Waals surface area contributed by atoms with E-state index in [1.165, 1.54) is 28.4 Å². The topological polar surface area (TPSA) is 118 Å². The second-order valence-corrected chi connectivity index (χ2v) is 9.46. The second-order valence-electron chi connectivity index (χ2n) is 8.45. The van der Waals surface area contributed by atoms with Crippen molar-refractivity contribution in [1.29, 1.82) is 0 Å². The molecule has 2 N–H and O–H groups in total. The van der Waals surface area contributed by atoms with Gasteiger partial charge < -0.3 is 24.4 Å². The van der Waals surface area contributed by atoms with Crippen LogP contribution in [0.3, 0.4) is 0 Å². The molecule has 0 spiro atoms. The van der Waals surface area contributed by atoms with E-state index < -0.39 is 17.7 Å². The monoisotopic (exact) mass is 516 g/mol. The Hall–Kier alpha value is -4.57. The van der Waals surface area contributed by atoms with Crippen molar-refractivity contribution in [3.8, 4) is 23.0 Å². The lowest BCUT2D eigenvalue weighted by Crippen LogP contribution is -2.29. The number of anilines is 1. The highest BCUT2D eigenvalue weighted by Gasteiger charge is 2.48. The molecular formula is C27H20N2O7S. The van der Waals surface area contributed by atoms with E-state index >= 15 is 0 Å². The molecule has 10 heteroatoms. The van der Waals surface area contributed by atoms with Crippen LogP contribution in [0.15, 0.2) is 66.2 Å². The Bertz CT molecular complexity index is 1610. The van der Waals surface area contributed by atoms with Crippen molar-refractivity contribution < 1.29 is 34.0 Å². The molecule has 1 amide bonds. The second kappa shape index (κ2) is 8.82. The third kappa shape index (κ3) is 3.82. The van der Waals surface area contributed by atoms with Crippen LogP contribution in [0.4, 0.5) is 5.13 Å². The van der Waals surface area contributed by atoms with Gasteiger partial charge >= 0.3 is 5.91 Å². The highest BCUT2D eigenvalue weighted by Crippen LogP contribution is 2.45. The van der Waals surface area contributed by atoms with E-state index in [1.807, 2.05) is 0 Å². The summed E-state index contributed by atoms with van der Waals surface area (Å²) in [6.07, 6.45) is 0. The van der Waals surface area contributed by atoms with E-state index in [9.17, 15) is 19.8 Å². The van der Waals surface area contributed by atoms with Crippen molar-refractivity contribution in [2.75, 3.05) is 25.2 Å². The molecule has 1 saturated heterocycles. The number of carbonyl (C=O) groups excluding carboxylic acids is 2. The number of ketones is 1. The number of thiazole rings is 1. The quantitative estimate of drug-likeness (QED) is 0.233. The number of hydrogen-bond donors (Lipinski definition) is 2. The normalized spacial score (nSPS) is 18.4. The van der Waals surface area contributed by atoms with Crippen molar-refractivity contribution in [2.24, 2.45) is 0 Å². The van der Waals surface area contributed by atoms with Crippen LogP contribution in [0.5, 0.6) is 23.0 Å². The third-order valence-corrected chi connectivity index (χ3v) is 7.25. The van der Waals surface area contributed by atoms with E-state index in [2.05, 4.69) is 4.98 Å². The molecule has 186 valence electrons. The summed E-state index contributed by atoms with van der Waals surface area (Å²) in [6.45, 7) is 0.766. The van der Waals surface area contributed by atoms with Crippen LogP contribution in [-0.4, -0.2) is 47.2 Å². The molecule has 2 aliphatic rings. The molecule has 3 aromatic carbocycles. The van der Waals surface area contributed by atoms with Gasteiger partial charge in [-0.15, -0.1) is 0 Å². The molecule has 1 atom stereocenters. The number of aromatic hydroxyl groups is 1. The number of benzene rings is 3. The number of nitrogens with zero attached hydrogens (tertiary/aromatic N) is 2. The number of aromatic nitrogens is 1. The number of aliphatic hydroxyl groups excluding tert-OH is 1. The number of phenolic OH excluding ortho intramolecular Hbond substituents is 1. The van der Waals surface area contributed by atoms with E-state index in [-0.39, 0.29) is 22.2 Å². The first kappa shape index (κ1) is 22.9. The maximum absolute atomic E-state index is 13.4. The average Bonchev–Trinajstić information content (AvgIpc) is 3.45. The zero-order valence-corrected chi connectivity index (χ0v) is 20.3. The number of amides is 1. The van der Waals surface area contributed by atoms with Gasteiger partial charge in [-0.1, -0.05) is 23.5 Å². The number of rotatable bonds is 4. The van der Waals surface area contributed by atoms with Gasteiger partial charge in [-0.05, 0) is 54.1 Å². The predicted molar refractivity (Wildman–Crippen MR) is 136 cm³/mol. The molecule has 0 saturated carbocycles. The Morgan fingerprint density at radius 2 is 1.86 bits per heavy atom. The zero-order valence-electron chi connectivity index (χ0n) is 19.5. The number of carbonyl (C=O) groups is 2. The molecule has 1 unspecified atom stereocenters. The van der Waals surface area contributed by atoms with Gasteiger partial charge in [0, 0.05) is 5.56 Å². The molecule has 9 nitrogen and oxygen atoms in total. The van der Waals surface area contributed by atoms with Crippen molar-refractivity contribution in [3.63, 3.8) is 0 Å². The van der Waals surface area contributed by atoms with Gasteiger partial charge in [0.15, 0.2) is 16.6 Å². The SMILES string of the molecule is COc1ccc2nc(N3C(=O)C(=O)/C(=C(/O)c4ccc5c(c4)OCCO5)C3c3cccc(O)c3)sc2c1. The molecule has 37 heavy (non-hydrogen) atoms. The number of aliphatic hydroxyl groups is 1. The fourth-order valence-corrected chi connectivity index (χ4v) is 5.53. The maximum atomic E-state index is 13.4. The largest absolute Gasteiger partial charge is 0.508 e. The van der Waals surface area contributed by atoms with Crippen LogP contribution in [0.2, 0.25) is 0 Å². The number of phenols is 1. The number of methoxy groups -OCH3 is 1. The fourth-order valence-electron chi connectivity index (χ4n) is 4.51. The van der Waals surface area contributed by atoms with Gasteiger partial charge in [-0.3, -0.25) is 14.5 Å². The van der Waals surface area contributed by atoms with Crippen LogP contribution in [0.25, 0.3) is 16.0 Å². The third-order valence-electron chi connectivity index (χ3n) is 6.24. The van der Waals surface area contributed by atoms with E-state index in [0.717, 1.165) is 4.70 Å². The molecule has 1 fully saturated rings. The smallest absolute Gasteiger partial charge is 0.301 e. The summed E-state index contributed by atoms with van der Waals surface area (Å²) in [5.74, 6) is -0.523. The van der Waals surface area contributed by atoms with Crippen molar-refractivity contribution in [3.05, 3.63) is 77.4 Å². The summed E-state index contributed by atoms with van der Waals surface area (Å²) in [4.78, 5) is 32.7. The minimum atomic E-state index is -1.03. The zero-order chi connectivity index (χ0) is 25.7. The number of ether oxygens (including phenoxy) is 3. The highest BCUT2D eigenvalue weighted by molar-refractivity contribution is 7.22. The lowest BCUT2D eigenvalue weighted by atomic mass is 9.95. The number of hydrogen-bond acceptors (Lipinski definition) is 9. The van der Waals surface area contributed by atoms with Crippen LogP contribution in [0, 0.1) is 0 Å². The Kier molecular flexibility index (Phi) is 5.45. The number of fused-ring (bicyclic) bond motifs is 2. The van der Waals surface area contributed by atoms with Gasteiger partial charge in [0.2, 0.25) is 0 Å². The molecule has 0 bridgehead atoms. The molecule has 2 aliphatic heterocycles. The lowest BCUT2D eigenvalue weighted by molar-refractivity contribution is -0.132. The van der Waals surface area contributed by atoms with Gasteiger partial charge in [-0.2, -0.15) is 0 Å². The predicted octanol–water partition coefficient (Wildman–Crippen LogP) is 4.41. The Morgan fingerprint density at radius 1 is 1.05 bits per heavy atom. The summed E-state index contributed by atoms with van der Waals surface area (Å²) in [5, 5.41) is 21.8. The molecule has 1 aromatic heterocycles. The molecule has 0 radical (unpaired) electrons. The van der Waals surface area contributed by atoms with Crippen molar-refractivity contribution >= 4 is 44.1 Å². The summed E-state index contributed by atoms with van der Waals surface area (Å²) in [5.41, 5.74) is 1.24. The summed E-state index contributed by atoms with van der Waals surface area (Å²) in [7, 11) is 1.56. The fraction of sp³-hybridized carbons (Fsp3) is 0.148. The van der Waals surface area contributed by atoms with Gasteiger partial charge in [-0.25, -0.2) is 4.98 Å². The first-order valence-corrected chi connectivity index (χ1v) is 12.2. The van der Waals surface area contributed by atoms with Crippen LogP contribution >= 0.6 is 11.3 Å². The molecule has 6 rings (SSSR count). The standard InChI is InChI=1S/C27H20N2O7S/c1-34-17-6-7-18-21(13-17)37-27(28-18)29-23(14-3-2-4-16(30)11-14)22(25(32)26(29)33)24(31)15-5-8-19-20(12-15)36-10-9-35-19/h2-8,11-13,23,30-31H,9-10H2,1H3/b24-22+. The van der Waals surface area contributed by atoms with Gasteiger partial charge in [0.25, 0.3) is 5.78 Å². The van der Waals surface area contributed by atoms with Gasteiger partial charge in [0.05, 0.1) is 28.9 Å². The van der Waals surface area contributed by atoms with E-state index in [0.29, 0.717) is 47.1 Å². The summed E-state index contributed by atoms with van der Waals surface area (Å²) < 4.78 is 17.2. The molecular weight excluding hydrogens is 496 g/mol. The van der Waals surface area contributed by atoms with Crippen LogP contribution < -0.4 is 19.1 Å². The lowest BCUT2D eigenvalue weighted by Gasteiger charge is -2.23. The Morgan fingerprint density at radius 3 is 2.65 bits per heavy atom. The van der Waals surface area contributed by atoms with Crippen LogP contribution in [-0.2, 0) is 9.59 Å². The van der Waals surface area contributed by atoms with E-state index in [4.69, 9.17) is 14.2 Å². The van der Waals surface area contributed by atoms with Crippen molar-refractivity contribution in [1.82, 2.24) is 4.98 Å². The highest BCUT2D eigenvalue weighted by atomic mass is 32.1. The first-order chi connectivity index (χ1) is 17.9. The number of Topliss-reactive ketones (excluding diaryl/α,β-unsaturated/α-hetero) is 1. The minimum Gasteiger partial charge on any atom is -0.508 e. The molecule has 4 aromatic rings. The van der Waals surface area contributed by atoms with Gasteiger partial charge in [0.1, 0.15) is 30.5 Å². The molecule has 0 aliphatic carbocycles.